The second-order valence-corrected chi connectivity index (χ2v) is 6.23. The van der Waals surface area contributed by atoms with Crippen LogP contribution in [-0.2, 0) is 13.0 Å². The Bertz CT molecular complexity index is 678. The summed E-state index contributed by atoms with van der Waals surface area (Å²) in [5, 5.41) is 0. The molecule has 1 fully saturated rings. The minimum atomic E-state index is -0.505. The first-order valence-corrected chi connectivity index (χ1v) is 8.28. The molecule has 2 aromatic rings. The monoisotopic (exact) mass is 326 g/mol. The predicted octanol–water partition coefficient (Wildman–Crippen LogP) is 1.21. The maximum atomic E-state index is 11.2. The van der Waals surface area contributed by atoms with Crippen LogP contribution in [0.25, 0.3) is 0 Å². The molecule has 126 valence electrons. The largest absolute Gasteiger partial charge is 0.364 e. The van der Waals surface area contributed by atoms with E-state index in [0.717, 1.165) is 56.7 Å². The zero-order valence-electron chi connectivity index (χ0n) is 13.6. The first-order valence-electron chi connectivity index (χ1n) is 8.28. The number of hydrogen-bond donors (Lipinski definition) is 1. The summed E-state index contributed by atoms with van der Waals surface area (Å²) in [6.45, 7) is 2.96. The molecule has 3 heterocycles. The van der Waals surface area contributed by atoms with Crippen molar-refractivity contribution in [3.8, 4) is 0 Å². The van der Waals surface area contributed by atoms with Crippen LogP contribution in [0.5, 0.6) is 0 Å². The average Bonchev–Trinajstić information content (AvgIpc) is 2.81. The third-order valence-electron chi connectivity index (χ3n) is 4.42. The molecule has 0 radical (unpaired) electrons. The molecule has 0 bridgehead atoms. The second-order valence-electron chi connectivity index (χ2n) is 6.23. The Hall–Kier alpha value is -2.41. The topological polar surface area (TPSA) is 97.9 Å². The molecule has 1 unspecified atom stereocenters. The Labute approximate surface area is 141 Å². The van der Waals surface area contributed by atoms with Gasteiger partial charge < -0.3 is 5.73 Å². The van der Waals surface area contributed by atoms with E-state index in [0.29, 0.717) is 5.92 Å². The Morgan fingerprint density at radius 1 is 1.17 bits per heavy atom. The number of likely N-dealkylation sites (tertiary alicyclic amines) is 1. The van der Waals surface area contributed by atoms with Crippen LogP contribution in [0, 0.1) is 5.92 Å². The van der Waals surface area contributed by atoms with Crippen molar-refractivity contribution in [2.75, 3.05) is 13.1 Å². The van der Waals surface area contributed by atoms with E-state index in [-0.39, 0.29) is 5.69 Å². The molecular formula is C17H22N6O. The van der Waals surface area contributed by atoms with Crippen LogP contribution in [0.15, 0.2) is 31.0 Å². The molecule has 24 heavy (non-hydrogen) atoms. The lowest BCUT2D eigenvalue weighted by molar-refractivity contribution is 0.0995. The highest BCUT2D eigenvalue weighted by Crippen LogP contribution is 2.22. The molecule has 7 nitrogen and oxygen atoms in total. The number of hydrogen-bond acceptors (Lipinski definition) is 6. The van der Waals surface area contributed by atoms with Gasteiger partial charge in [0.05, 0.1) is 5.69 Å². The molecular weight excluding hydrogens is 304 g/mol. The highest BCUT2D eigenvalue weighted by atomic mass is 16.1. The van der Waals surface area contributed by atoms with Gasteiger partial charge in [-0.15, -0.1) is 0 Å². The maximum absolute atomic E-state index is 11.2. The molecule has 2 aromatic heterocycles. The van der Waals surface area contributed by atoms with Crippen LogP contribution in [0.4, 0.5) is 0 Å². The van der Waals surface area contributed by atoms with Crippen LogP contribution in [0.1, 0.15) is 41.1 Å². The van der Waals surface area contributed by atoms with Crippen molar-refractivity contribution in [1.29, 1.82) is 0 Å². The summed E-state index contributed by atoms with van der Waals surface area (Å²) in [6, 6.07) is 1.71. The van der Waals surface area contributed by atoms with Crippen LogP contribution in [0.2, 0.25) is 0 Å². The third kappa shape index (κ3) is 4.55. The molecule has 3 rings (SSSR count). The molecule has 1 saturated heterocycles. The Balaban J connectivity index is 1.55. The van der Waals surface area contributed by atoms with E-state index in [1.165, 1.54) is 6.33 Å². The number of aromatic nitrogens is 4. The first-order chi connectivity index (χ1) is 11.7. The van der Waals surface area contributed by atoms with E-state index in [2.05, 4.69) is 24.8 Å². The molecule has 1 aliphatic heterocycles. The molecule has 0 spiro atoms. The van der Waals surface area contributed by atoms with E-state index in [4.69, 9.17) is 5.73 Å². The zero-order valence-corrected chi connectivity index (χ0v) is 13.6. The summed E-state index contributed by atoms with van der Waals surface area (Å²) in [5.41, 5.74) is 7.48. The molecule has 2 N–H and O–H groups in total. The first kappa shape index (κ1) is 16.4. The number of nitrogens with zero attached hydrogens (tertiary/aromatic N) is 5. The van der Waals surface area contributed by atoms with Gasteiger partial charge in [0, 0.05) is 30.8 Å². The molecule has 1 atom stereocenters. The number of amides is 1. The SMILES string of the molecule is NC(=O)c1cc(CC2CCCN(Cc3cnccn3)CC2)ncn1. The van der Waals surface area contributed by atoms with E-state index in [1.807, 2.05) is 6.20 Å². The van der Waals surface area contributed by atoms with Crippen molar-refractivity contribution < 1.29 is 4.79 Å². The van der Waals surface area contributed by atoms with Gasteiger partial charge in [0.25, 0.3) is 5.91 Å². The van der Waals surface area contributed by atoms with Crippen LogP contribution >= 0.6 is 0 Å². The fourth-order valence-corrected chi connectivity index (χ4v) is 3.17. The predicted molar refractivity (Wildman–Crippen MR) is 88.9 cm³/mol. The second kappa shape index (κ2) is 7.92. The van der Waals surface area contributed by atoms with Crippen molar-refractivity contribution in [3.63, 3.8) is 0 Å². The third-order valence-corrected chi connectivity index (χ3v) is 4.42. The Morgan fingerprint density at radius 3 is 2.88 bits per heavy atom. The summed E-state index contributed by atoms with van der Waals surface area (Å²) in [4.78, 5) is 30.3. The number of carbonyl (C=O) groups excluding carboxylic acids is 1. The van der Waals surface area contributed by atoms with Crippen molar-refractivity contribution in [2.45, 2.75) is 32.2 Å². The Kier molecular flexibility index (Phi) is 5.43. The van der Waals surface area contributed by atoms with Gasteiger partial charge in [0.15, 0.2) is 0 Å². The van der Waals surface area contributed by atoms with E-state index < -0.39 is 5.91 Å². The van der Waals surface area contributed by atoms with Crippen molar-refractivity contribution in [2.24, 2.45) is 11.7 Å². The summed E-state index contributed by atoms with van der Waals surface area (Å²) in [7, 11) is 0. The molecule has 0 aromatic carbocycles. The lowest BCUT2D eigenvalue weighted by Crippen LogP contribution is -2.25. The van der Waals surface area contributed by atoms with Gasteiger partial charge in [-0.2, -0.15) is 0 Å². The van der Waals surface area contributed by atoms with E-state index >= 15 is 0 Å². The van der Waals surface area contributed by atoms with Gasteiger partial charge in [0.1, 0.15) is 12.0 Å². The fourth-order valence-electron chi connectivity index (χ4n) is 3.17. The smallest absolute Gasteiger partial charge is 0.267 e. The fraction of sp³-hybridized carbons (Fsp3) is 0.471. The summed E-state index contributed by atoms with van der Waals surface area (Å²) in [5.74, 6) is 0.0575. The van der Waals surface area contributed by atoms with Gasteiger partial charge in [-0.3, -0.25) is 19.7 Å². The van der Waals surface area contributed by atoms with Crippen molar-refractivity contribution in [3.05, 3.63) is 48.1 Å². The number of carbonyl (C=O) groups is 1. The maximum Gasteiger partial charge on any atom is 0.267 e. The molecule has 0 aliphatic carbocycles. The number of primary amides is 1. The highest BCUT2D eigenvalue weighted by Gasteiger charge is 2.19. The summed E-state index contributed by atoms with van der Waals surface area (Å²) < 4.78 is 0. The normalized spacial score (nSPS) is 18.9. The van der Waals surface area contributed by atoms with Crippen LogP contribution < -0.4 is 5.73 Å². The van der Waals surface area contributed by atoms with Gasteiger partial charge >= 0.3 is 0 Å². The van der Waals surface area contributed by atoms with Crippen LogP contribution in [0.3, 0.4) is 0 Å². The van der Waals surface area contributed by atoms with Gasteiger partial charge in [-0.05, 0) is 50.8 Å². The van der Waals surface area contributed by atoms with Crippen molar-refractivity contribution >= 4 is 5.91 Å². The van der Waals surface area contributed by atoms with Gasteiger partial charge in [-0.1, -0.05) is 0 Å². The summed E-state index contributed by atoms with van der Waals surface area (Å²) in [6.07, 6.45) is 11.0. The number of rotatable bonds is 5. The van der Waals surface area contributed by atoms with Crippen molar-refractivity contribution in [1.82, 2.24) is 24.8 Å². The highest BCUT2D eigenvalue weighted by molar-refractivity contribution is 5.90. The molecule has 7 heteroatoms. The van der Waals surface area contributed by atoms with Gasteiger partial charge in [0.2, 0.25) is 0 Å². The minimum Gasteiger partial charge on any atom is -0.364 e. The molecule has 1 aliphatic rings. The summed E-state index contributed by atoms with van der Waals surface area (Å²) >= 11 is 0. The Morgan fingerprint density at radius 2 is 2.08 bits per heavy atom. The minimum absolute atomic E-state index is 0.290. The number of nitrogens with two attached hydrogens (primary N) is 1. The lowest BCUT2D eigenvalue weighted by Gasteiger charge is -2.19. The van der Waals surface area contributed by atoms with E-state index in [9.17, 15) is 4.79 Å². The quantitative estimate of drug-likeness (QED) is 0.887. The molecule has 1 amide bonds. The lowest BCUT2D eigenvalue weighted by atomic mass is 9.95. The standard InChI is InChI=1S/C17H22N6O/c18-17(24)16-9-14(21-12-22-16)8-13-2-1-6-23(7-3-13)11-15-10-19-4-5-20-15/h4-5,9-10,12-13H,1-3,6-8,11H2,(H2,18,24). The molecule has 0 saturated carbocycles. The average molecular weight is 326 g/mol. The van der Waals surface area contributed by atoms with Crippen LogP contribution in [-0.4, -0.2) is 43.8 Å². The van der Waals surface area contributed by atoms with E-state index in [1.54, 1.807) is 18.5 Å². The zero-order chi connectivity index (χ0) is 16.8. The van der Waals surface area contributed by atoms with Gasteiger partial charge in [-0.25, -0.2) is 9.97 Å².